The fraction of sp³-hybridized carbons (Fsp3) is 0.625. The number of unbranched alkanes of at least 4 members (excludes halogenated alkanes) is 25. The van der Waals surface area contributed by atoms with Gasteiger partial charge in [-0.05, 0) is 135 Å². The first-order valence-corrected chi connectivity index (χ1v) is 38.9. The molecular weight excluding hydrogens is 1200 g/mol. The summed E-state index contributed by atoms with van der Waals surface area (Å²) >= 11 is 0. The van der Waals surface area contributed by atoms with Crippen molar-refractivity contribution in [2.45, 2.75) is 309 Å². The lowest BCUT2D eigenvalue weighted by atomic mass is 10.0. The van der Waals surface area contributed by atoms with Crippen LogP contribution in [0.2, 0.25) is 0 Å². The molecule has 1 N–H and O–H groups in total. The Hall–Kier alpha value is -5.61. The number of carbonyl (C=O) groups is 3. The Morgan fingerprint density at radius 3 is 0.825 bits per heavy atom. The number of nitrogens with zero attached hydrogens (tertiary/aromatic N) is 1. The van der Waals surface area contributed by atoms with E-state index in [1.54, 1.807) is 0 Å². The third-order valence-corrected chi connectivity index (χ3v) is 16.2. The number of ether oxygens (including phenoxy) is 4. The smallest absolute Gasteiger partial charge is 0.361 e. The fourth-order valence-electron chi connectivity index (χ4n) is 10.3. The number of aliphatic carboxylic acids is 1. The van der Waals surface area contributed by atoms with Crippen molar-refractivity contribution in [3.8, 4) is 0 Å². The Kier molecular flexibility index (Phi) is 71.7. The fourth-order valence-corrected chi connectivity index (χ4v) is 10.3. The maximum absolute atomic E-state index is 13.0. The molecule has 0 fully saturated rings. The lowest BCUT2D eigenvalue weighted by Gasteiger charge is -2.25. The first-order valence-electron chi connectivity index (χ1n) is 38.9. The van der Waals surface area contributed by atoms with E-state index in [1.165, 1.54) is 122 Å². The number of carboxylic acids is 1. The standard InChI is InChI=1S/C88H143NO8/c1-6-8-10-12-14-16-18-20-22-24-26-28-30-32-34-36-38-40-42-43-45-46-48-50-52-54-56-58-60-62-64-66-68-70-72-74-76-78-85(90)95-82-84(83-96-88(87(92)93)94-81-80-89(3,4)5)97-86(91)79-77-75-73-71-69-67-65-63-61-59-57-55-53-51-49-47-44-41-39-37-35-33-31-29-27-25-23-21-19-17-15-13-11-9-7-2/h8-11,14-17,20-23,26-29,32-35,39,41,47,49,53,55,59,61,65,67,84,88H,6-7,12-13,18-19,24-25,30-31,36-38,40,42-46,48,50-52,54,56-58,60,62-64,66,68-83H2,1-5H3/p+1/b10-8-,11-9-,16-14-,17-15-,22-20-,23-21-,28-26-,29-27-,34-32-,35-33-,41-39-,49-47-,55-53-,61-59-,67-65-. The third-order valence-electron chi connectivity index (χ3n) is 16.2. The monoisotopic (exact) mass is 1340 g/mol. The third kappa shape index (κ3) is 77.6. The van der Waals surface area contributed by atoms with Crippen molar-refractivity contribution < 1.29 is 42.9 Å². The van der Waals surface area contributed by atoms with Crippen molar-refractivity contribution in [3.63, 3.8) is 0 Å². The Morgan fingerprint density at radius 1 is 0.309 bits per heavy atom. The highest BCUT2D eigenvalue weighted by atomic mass is 16.7. The van der Waals surface area contributed by atoms with Crippen LogP contribution in [0.3, 0.4) is 0 Å². The van der Waals surface area contributed by atoms with Gasteiger partial charge in [-0.2, -0.15) is 0 Å². The molecule has 0 aromatic rings. The van der Waals surface area contributed by atoms with E-state index in [1.807, 2.05) is 21.1 Å². The van der Waals surface area contributed by atoms with Gasteiger partial charge in [-0.15, -0.1) is 0 Å². The van der Waals surface area contributed by atoms with E-state index in [9.17, 15) is 19.5 Å². The van der Waals surface area contributed by atoms with Gasteiger partial charge in [0.1, 0.15) is 13.2 Å². The number of carbonyl (C=O) groups excluding carboxylic acids is 2. The number of carboxylic acid groups (broad SMARTS) is 1. The van der Waals surface area contributed by atoms with Gasteiger partial charge in [0.2, 0.25) is 0 Å². The van der Waals surface area contributed by atoms with Crippen LogP contribution in [0, 0.1) is 0 Å². The second-order valence-electron chi connectivity index (χ2n) is 26.6. The van der Waals surface area contributed by atoms with E-state index in [0.717, 1.165) is 141 Å². The van der Waals surface area contributed by atoms with Gasteiger partial charge in [-0.1, -0.05) is 331 Å². The average Bonchev–Trinajstić information content (AvgIpc) is 3.74. The van der Waals surface area contributed by atoms with E-state index < -0.39 is 24.3 Å². The van der Waals surface area contributed by atoms with Crippen LogP contribution in [0.1, 0.15) is 296 Å². The highest BCUT2D eigenvalue weighted by Gasteiger charge is 2.25. The molecule has 548 valence electrons. The zero-order chi connectivity index (χ0) is 70.4. The molecule has 0 amide bonds. The molecule has 2 unspecified atom stereocenters. The molecule has 0 spiro atoms. The van der Waals surface area contributed by atoms with Crippen molar-refractivity contribution in [3.05, 3.63) is 182 Å². The SMILES string of the molecule is CC/C=C\C/C=C\C/C=C\C/C=C\C/C=C\C/C=C\C/C=C\C/C=C\C/C=C\C/C=C\CCCCCCC(=O)OC(COC(=O)CCCCCCCCCCCCCCCCCCCCCCC/C=C\C/C=C\C/C=C\C/C=C\C/C=C\CC)COC(OCC[N+](C)(C)C)C(=O)O. The molecule has 97 heavy (non-hydrogen) atoms. The van der Waals surface area contributed by atoms with Crippen LogP contribution < -0.4 is 0 Å². The lowest BCUT2D eigenvalue weighted by molar-refractivity contribution is -0.870. The van der Waals surface area contributed by atoms with Crippen LogP contribution in [0.5, 0.6) is 0 Å². The van der Waals surface area contributed by atoms with Crippen molar-refractivity contribution in [1.82, 2.24) is 0 Å². The number of esters is 2. The topological polar surface area (TPSA) is 108 Å². The predicted molar refractivity (Wildman–Crippen MR) is 419 cm³/mol. The largest absolute Gasteiger partial charge is 0.477 e. The average molecular weight is 1340 g/mol. The van der Waals surface area contributed by atoms with Crippen LogP contribution >= 0.6 is 0 Å². The normalized spacial score (nSPS) is 13.7. The number of rotatable bonds is 70. The van der Waals surface area contributed by atoms with E-state index in [2.05, 4.69) is 196 Å². The molecule has 0 aromatic carbocycles. The molecular formula is C88H144NO8+. The molecule has 0 heterocycles. The molecule has 9 nitrogen and oxygen atoms in total. The summed E-state index contributed by atoms with van der Waals surface area (Å²) in [5.74, 6) is -2.05. The lowest BCUT2D eigenvalue weighted by Crippen LogP contribution is -2.40. The Balaban J connectivity index is 4.14. The summed E-state index contributed by atoms with van der Waals surface area (Å²) in [7, 11) is 5.96. The van der Waals surface area contributed by atoms with Gasteiger partial charge in [0.25, 0.3) is 6.29 Å². The summed E-state index contributed by atoms with van der Waals surface area (Å²) in [6, 6.07) is 0. The molecule has 0 radical (unpaired) electrons. The first kappa shape index (κ1) is 91.4. The Bertz CT molecular complexity index is 2260. The first-order chi connectivity index (χ1) is 47.6. The number of hydrogen-bond donors (Lipinski definition) is 1. The summed E-state index contributed by atoms with van der Waals surface area (Å²) in [4.78, 5) is 37.7. The van der Waals surface area contributed by atoms with Crippen molar-refractivity contribution in [2.24, 2.45) is 0 Å². The predicted octanol–water partition coefficient (Wildman–Crippen LogP) is 25.1. The minimum atomic E-state index is -1.53. The van der Waals surface area contributed by atoms with Gasteiger partial charge in [0, 0.05) is 12.8 Å². The molecule has 0 bridgehead atoms. The Labute approximate surface area is 596 Å². The summed E-state index contributed by atoms with van der Waals surface area (Å²) in [6.07, 6.45) is 113. The second kappa shape index (κ2) is 76.1. The molecule has 0 saturated heterocycles. The minimum Gasteiger partial charge on any atom is -0.477 e. The molecule has 0 aromatic heterocycles. The van der Waals surface area contributed by atoms with Gasteiger partial charge >= 0.3 is 17.9 Å². The molecule has 0 aliphatic heterocycles. The van der Waals surface area contributed by atoms with E-state index in [4.69, 9.17) is 18.9 Å². The molecule has 0 saturated carbocycles. The minimum absolute atomic E-state index is 0.174. The van der Waals surface area contributed by atoms with Crippen LogP contribution in [-0.4, -0.2) is 87.4 Å². The summed E-state index contributed by atoms with van der Waals surface area (Å²) < 4.78 is 23.0. The molecule has 9 heteroatoms. The van der Waals surface area contributed by atoms with E-state index >= 15 is 0 Å². The molecule has 0 aliphatic rings. The number of allylic oxidation sites excluding steroid dienone is 30. The summed E-state index contributed by atoms with van der Waals surface area (Å²) in [5, 5.41) is 9.77. The van der Waals surface area contributed by atoms with Crippen LogP contribution in [-0.2, 0) is 33.3 Å². The number of quaternary nitrogens is 1. The van der Waals surface area contributed by atoms with Crippen LogP contribution in [0.25, 0.3) is 0 Å². The van der Waals surface area contributed by atoms with E-state index in [0.29, 0.717) is 17.4 Å². The Morgan fingerprint density at radius 2 is 0.557 bits per heavy atom. The molecule has 0 rings (SSSR count). The van der Waals surface area contributed by atoms with E-state index in [-0.39, 0.29) is 38.6 Å². The molecule has 0 aliphatic carbocycles. The zero-order valence-corrected chi connectivity index (χ0v) is 62.7. The highest BCUT2D eigenvalue weighted by molar-refractivity contribution is 5.71. The summed E-state index contributed by atoms with van der Waals surface area (Å²) in [5.41, 5.74) is 0. The van der Waals surface area contributed by atoms with Gasteiger partial charge in [0.15, 0.2) is 6.10 Å². The van der Waals surface area contributed by atoms with Crippen molar-refractivity contribution in [2.75, 3.05) is 47.5 Å². The van der Waals surface area contributed by atoms with Gasteiger partial charge in [0.05, 0.1) is 34.4 Å². The number of likely N-dealkylation sites (N-methyl/N-ethyl adjacent to an activating group) is 1. The highest BCUT2D eigenvalue weighted by Crippen LogP contribution is 2.17. The zero-order valence-electron chi connectivity index (χ0n) is 62.7. The maximum Gasteiger partial charge on any atom is 0.361 e. The summed E-state index contributed by atoms with van der Waals surface area (Å²) in [6.45, 7) is 4.62. The maximum atomic E-state index is 13.0. The number of hydrogen-bond acceptors (Lipinski definition) is 7. The van der Waals surface area contributed by atoms with Crippen LogP contribution in [0.15, 0.2) is 182 Å². The van der Waals surface area contributed by atoms with Crippen molar-refractivity contribution >= 4 is 17.9 Å². The quantitative estimate of drug-likeness (QED) is 0.0211. The van der Waals surface area contributed by atoms with Crippen molar-refractivity contribution in [1.29, 1.82) is 0 Å². The van der Waals surface area contributed by atoms with Crippen LogP contribution in [0.4, 0.5) is 0 Å². The second-order valence-corrected chi connectivity index (χ2v) is 26.6. The van der Waals surface area contributed by atoms with Gasteiger partial charge < -0.3 is 28.5 Å². The molecule has 2 atom stereocenters. The van der Waals surface area contributed by atoms with Gasteiger partial charge in [-0.25, -0.2) is 4.79 Å². The van der Waals surface area contributed by atoms with Gasteiger partial charge in [-0.3, -0.25) is 9.59 Å².